The van der Waals surface area contributed by atoms with Gasteiger partial charge < -0.3 is 5.11 Å². The summed E-state index contributed by atoms with van der Waals surface area (Å²) >= 11 is 1.20. The van der Waals surface area contributed by atoms with Crippen molar-refractivity contribution >= 4 is 22.7 Å². The van der Waals surface area contributed by atoms with Crippen molar-refractivity contribution in [2.75, 3.05) is 0 Å². The molecular weight excluding hydrogens is 160 g/mol. The van der Waals surface area contributed by atoms with E-state index in [-0.39, 0.29) is 0 Å². The summed E-state index contributed by atoms with van der Waals surface area (Å²) in [6.45, 7) is 0. The number of aliphatic carboxylic acids is 1. The van der Waals surface area contributed by atoms with E-state index in [2.05, 4.69) is 0 Å². The van der Waals surface area contributed by atoms with Gasteiger partial charge in [0.25, 0.3) is 5.37 Å². The van der Waals surface area contributed by atoms with Gasteiger partial charge in [-0.25, -0.2) is 4.79 Å². The normalized spacial score (nSPS) is 10.2. The molecule has 3 heteroatoms. The molecule has 0 unspecified atom stereocenters. The SMILES string of the molecule is O=C(O)C=[S+]c1ccccc1. The van der Waals surface area contributed by atoms with Gasteiger partial charge in [-0.3, -0.25) is 0 Å². The number of benzene rings is 1. The third-order valence-electron chi connectivity index (χ3n) is 1.04. The molecule has 0 fully saturated rings. The lowest BCUT2D eigenvalue weighted by atomic mass is 10.4. The summed E-state index contributed by atoms with van der Waals surface area (Å²) in [6.07, 6.45) is 0. The van der Waals surface area contributed by atoms with Crippen molar-refractivity contribution in [2.24, 2.45) is 0 Å². The van der Waals surface area contributed by atoms with E-state index in [0.29, 0.717) is 0 Å². The lowest BCUT2D eigenvalue weighted by molar-refractivity contribution is -0.128. The number of hydrogen-bond acceptors (Lipinski definition) is 1. The first-order valence-electron chi connectivity index (χ1n) is 3.07. The second kappa shape index (κ2) is 3.83. The molecule has 0 atom stereocenters. The van der Waals surface area contributed by atoms with Gasteiger partial charge in [-0.1, -0.05) is 18.2 Å². The van der Waals surface area contributed by atoms with Crippen LogP contribution in [-0.4, -0.2) is 16.4 Å². The monoisotopic (exact) mass is 167 g/mol. The van der Waals surface area contributed by atoms with Crippen LogP contribution < -0.4 is 0 Å². The van der Waals surface area contributed by atoms with Gasteiger partial charge in [0.15, 0.2) is 0 Å². The molecule has 0 radical (unpaired) electrons. The maximum absolute atomic E-state index is 10.1. The van der Waals surface area contributed by atoms with Gasteiger partial charge in [0.05, 0.1) is 0 Å². The Morgan fingerprint density at radius 2 is 2.00 bits per heavy atom. The number of hydrogen-bond donors (Lipinski definition) is 1. The lowest BCUT2D eigenvalue weighted by Gasteiger charge is -1.75. The Morgan fingerprint density at radius 3 is 2.55 bits per heavy atom. The smallest absolute Gasteiger partial charge is 0.386 e. The highest BCUT2D eigenvalue weighted by Gasteiger charge is 2.02. The minimum atomic E-state index is -0.904. The molecule has 11 heavy (non-hydrogen) atoms. The molecule has 0 heterocycles. The Bertz CT molecular complexity index is 267. The van der Waals surface area contributed by atoms with E-state index in [9.17, 15) is 4.79 Å². The summed E-state index contributed by atoms with van der Waals surface area (Å²) in [5, 5.41) is 9.46. The van der Waals surface area contributed by atoms with E-state index < -0.39 is 5.97 Å². The van der Waals surface area contributed by atoms with E-state index in [1.807, 2.05) is 30.3 Å². The second-order valence-electron chi connectivity index (χ2n) is 1.89. The van der Waals surface area contributed by atoms with Crippen molar-refractivity contribution < 1.29 is 9.90 Å². The van der Waals surface area contributed by atoms with E-state index in [1.165, 1.54) is 11.4 Å². The molecule has 1 N–H and O–H groups in total. The summed E-state index contributed by atoms with van der Waals surface area (Å²) < 4.78 is 0. The molecule has 0 spiro atoms. The molecule has 1 aromatic rings. The zero-order valence-electron chi connectivity index (χ0n) is 5.73. The summed E-state index contributed by atoms with van der Waals surface area (Å²) in [6, 6.07) is 9.37. The Labute approximate surface area is 68.4 Å². The maximum Gasteiger partial charge on any atom is 0.386 e. The largest absolute Gasteiger partial charge is 0.474 e. The standard InChI is InChI=1S/C8H6O2S/c9-8(10)6-11-7-4-2-1-3-5-7/h1-6H/p+1. The summed E-state index contributed by atoms with van der Waals surface area (Å²) in [7, 11) is 0. The van der Waals surface area contributed by atoms with Crippen LogP contribution in [-0.2, 0) is 16.1 Å². The molecule has 0 aliphatic rings. The van der Waals surface area contributed by atoms with Crippen LogP contribution in [0.1, 0.15) is 0 Å². The summed E-state index contributed by atoms with van der Waals surface area (Å²) in [5.74, 6) is -0.904. The highest BCUT2D eigenvalue weighted by molar-refractivity contribution is 7.78. The first kappa shape index (κ1) is 7.88. The molecule has 1 rings (SSSR count). The Hall–Kier alpha value is -1.22. The minimum absolute atomic E-state index is 0.904. The molecule has 0 aromatic heterocycles. The minimum Gasteiger partial charge on any atom is -0.474 e. The van der Waals surface area contributed by atoms with Gasteiger partial charge in [-0.2, -0.15) is 0 Å². The van der Waals surface area contributed by atoms with Crippen LogP contribution in [0.15, 0.2) is 35.2 Å². The van der Waals surface area contributed by atoms with Crippen molar-refractivity contribution in [3.63, 3.8) is 0 Å². The van der Waals surface area contributed by atoms with Crippen molar-refractivity contribution in [2.45, 2.75) is 4.90 Å². The number of carboxylic acids is 1. The van der Waals surface area contributed by atoms with Crippen molar-refractivity contribution in [3.05, 3.63) is 30.3 Å². The van der Waals surface area contributed by atoms with E-state index in [4.69, 9.17) is 5.11 Å². The van der Waals surface area contributed by atoms with Crippen LogP contribution in [0.2, 0.25) is 0 Å². The molecule has 0 bridgehead atoms. The summed E-state index contributed by atoms with van der Waals surface area (Å²) in [5.41, 5.74) is 0. The average molecular weight is 167 g/mol. The van der Waals surface area contributed by atoms with Crippen molar-refractivity contribution in [1.29, 1.82) is 0 Å². The average Bonchev–Trinajstić information content (AvgIpc) is 2.03. The molecular formula is C8H7O2S+. The zero-order chi connectivity index (χ0) is 8.10. The zero-order valence-corrected chi connectivity index (χ0v) is 6.54. The van der Waals surface area contributed by atoms with Crippen LogP contribution in [0.25, 0.3) is 0 Å². The van der Waals surface area contributed by atoms with Crippen LogP contribution in [0.4, 0.5) is 0 Å². The fourth-order valence-electron chi connectivity index (χ4n) is 0.618. The molecule has 1 aromatic carbocycles. The first-order valence-corrected chi connectivity index (χ1v) is 3.95. The third-order valence-corrected chi connectivity index (χ3v) is 1.90. The second-order valence-corrected chi connectivity index (χ2v) is 2.83. The number of carboxylic acid groups (broad SMARTS) is 1. The van der Waals surface area contributed by atoms with Crippen LogP contribution >= 0.6 is 0 Å². The predicted octanol–water partition coefficient (Wildman–Crippen LogP) is 1.01. The van der Waals surface area contributed by atoms with Gasteiger partial charge >= 0.3 is 5.97 Å². The van der Waals surface area contributed by atoms with Gasteiger partial charge in [0.2, 0.25) is 16.2 Å². The van der Waals surface area contributed by atoms with E-state index >= 15 is 0 Å². The maximum atomic E-state index is 10.1. The van der Waals surface area contributed by atoms with E-state index in [0.717, 1.165) is 10.3 Å². The Morgan fingerprint density at radius 1 is 1.36 bits per heavy atom. The quantitative estimate of drug-likeness (QED) is 0.527. The topological polar surface area (TPSA) is 37.3 Å². The van der Waals surface area contributed by atoms with Gasteiger partial charge in [0.1, 0.15) is 0 Å². The van der Waals surface area contributed by atoms with Crippen molar-refractivity contribution in [3.8, 4) is 0 Å². The third kappa shape index (κ3) is 2.91. The molecule has 0 aliphatic heterocycles. The van der Waals surface area contributed by atoms with Crippen LogP contribution in [0.3, 0.4) is 0 Å². The molecule has 0 saturated heterocycles. The van der Waals surface area contributed by atoms with Crippen molar-refractivity contribution in [1.82, 2.24) is 0 Å². The van der Waals surface area contributed by atoms with Crippen LogP contribution in [0, 0.1) is 0 Å². The number of carbonyl (C=O) groups is 1. The predicted molar refractivity (Wildman–Crippen MR) is 45.8 cm³/mol. The fourth-order valence-corrected chi connectivity index (χ4v) is 1.17. The Balaban J connectivity index is 2.72. The Kier molecular flexibility index (Phi) is 2.74. The highest BCUT2D eigenvalue weighted by atomic mass is 32.1. The molecule has 2 nitrogen and oxygen atoms in total. The molecule has 0 aliphatic carbocycles. The lowest BCUT2D eigenvalue weighted by Crippen LogP contribution is -1.95. The highest BCUT2D eigenvalue weighted by Crippen LogP contribution is 1.96. The fraction of sp³-hybridized carbons (Fsp3) is 0. The molecule has 56 valence electrons. The van der Waals surface area contributed by atoms with Gasteiger partial charge in [-0.15, -0.1) is 0 Å². The number of rotatable bonds is 2. The first-order chi connectivity index (χ1) is 5.29. The van der Waals surface area contributed by atoms with Gasteiger partial charge in [-0.05, 0) is 0 Å². The van der Waals surface area contributed by atoms with Gasteiger partial charge in [0, 0.05) is 12.1 Å². The molecule has 0 amide bonds. The molecule has 0 saturated carbocycles. The summed E-state index contributed by atoms with van der Waals surface area (Å²) in [4.78, 5) is 11.0. The van der Waals surface area contributed by atoms with Crippen LogP contribution in [0.5, 0.6) is 0 Å². The van der Waals surface area contributed by atoms with E-state index in [1.54, 1.807) is 0 Å².